The number of rotatable bonds is 5. The van der Waals surface area contributed by atoms with Gasteiger partial charge in [-0.25, -0.2) is 13.2 Å². The van der Waals surface area contributed by atoms with Crippen LogP contribution in [-0.2, 0) is 19.4 Å². The standard InChI is InChI=1S/C14H10O7S/c15-11(6-12(16)14(17)18)10-7-21-8-13(10)22(19,20)9-4-2-1-3-5-9/h1-8,15H,(H,17,18). The molecule has 1 aromatic heterocycles. The first-order valence-electron chi connectivity index (χ1n) is 5.88. The summed E-state index contributed by atoms with van der Waals surface area (Å²) in [7, 11) is -3.98. The van der Waals surface area contributed by atoms with Crippen LogP contribution >= 0.6 is 0 Å². The van der Waals surface area contributed by atoms with Crippen molar-refractivity contribution < 1.29 is 32.6 Å². The summed E-state index contributed by atoms with van der Waals surface area (Å²) in [6.07, 6.45) is 2.22. The molecule has 114 valence electrons. The normalized spacial score (nSPS) is 12.1. The smallest absolute Gasteiger partial charge is 0.376 e. The molecule has 1 aromatic carbocycles. The summed E-state index contributed by atoms with van der Waals surface area (Å²) in [4.78, 5) is 21.1. The number of carbonyl (C=O) groups excluding carboxylic acids is 1. The van der Waals surface area contributed by atoms with Crippen molar-refractivity contribution in [2.45, 2.75) is 9.79 Å². The second-order valence-electron chi connectivity index (χ2n) is 4.17. The van der Waals surface area contributed by atoms with Crippen molar-refractivity contribution in [1.29, 1.82) is 0 Å². The lowest BCUT2D eigenvalue weighted by molar-refractivity contribution is -0.146. The summed E-state index contributed by atoms with van der Waals surface area (Å²) >= 11 is 0. The summed E-state index contributed by atoms with van der Waals surface area (Å²) in [5.74, 6) is -3.97. The van der Waals surface area contributed by atoms with E-state index in [9.17, 15) is 23.1 Å². The second-order valence-corrected chi connectivity index (χ2v) is 6.08. The van der Waals surface area contributed by atoms with Crippen molar-refractivity contribution in [3.8, 4) is 0 Å². The third-order valence-electron chi connectivity index (χ3n) is 2.72. The van der Waals surface area contributed by atoms with E-state index in [1.54, 1.807) is 6.07 Å². The maximum Gasteiger partial charge on any atom is 0.376 e. The number of aliphatic carboxylic acids is 1. The Labute approximate surface area is 125 Å². The van der Waals surface area contributed by atoms with Gasteiger partial charge >= 0.3 is 5.97 Å². The third-order valence-corrected chi connectivity index (χ3v) is 4.51. The van der Waals surface area contributed by atoms with Gasteiger partial charge in [-0.3, -0.25) is 4.79 Å². The van der Waals surface area contributed by atoms with Crippen LogP contribution in [0.5, 0.6) is 0 Å². The van der Waals surface area contributed by atoms with Gasteiger partial charge in [-0.1, -0.05) is 18.2 Å². The molecule has 2 rings (SSSR count). The highest BCUT2D eigenvalue weighted by atomic mass is 32.2. The molecule has 0 saturated carbocycles. The topological polar surface area (TPSA) is 122 Å². The molecule has 8 heteroatoms. The predicted octanol–water partition coefficient (Wildman–Crippen LogP) is 1.67. The maximum absolute atomic E-state index is 12.4. The molecular formula is C14H10O7S. The maximum atomic E-state index is 12.4. The summed E-state index contributed by atoms with van der Waals surface area (Å²) in [5.41, 5.74) is -0.293. The van der Waals surface area contributed by atoms with Gasteiger partial charge in [0.05, 0.1) is 10.5 Å². The van der Waals surface area contributed by atoms with E-state index in [1.165, 1.54) is 24.3 Å². The van der Waals surface area contributed by atoms with Crippen LogP contribution < -0.4 is 0 Å². The zero-order chi connectivity index (χ0) is 16.3. The van der Waals surface area contributed by atoms with Crippen LogP contribution in [0.4, 0.5) is 0 Å². The summed E-state index contributed by atoms with van der Waals surface area (Å²) in [6, 6.07) is 7.40. The molecule has 0 unspecified atom stereocenters. The number of aliphatic hydroxyl groups is 1. The van der Waals surface area contributed by atoms with Gasteiger partial charge < -0.3 is 14.6 Å². The number of carboxylic acids is 1. The molecule has 0 aliphatic rings. The Morgan fingerprint density at radius 1 is 1.05 bits per heavy atom. The molecule has 0 aliphatic heterocycles. The Bertz CT molecular complexity index is 844. The number of hydrogen-bond donors (Lipinski definition) is 2. The van der Waals surface area contributed by atoms with E-state index in [1.807, 2.05) is 0 Å². The minimum atomic E-state index is -3.98. The molecule has 7 nitrogen and oxygen atoms in total. The first-order valence-corrected chi connectivity index (χ1v) is 7.37. The van der Waals surface area contributed by atoms with Gasteiger partial charge in [0.1, 0.15) is 23.2 Å². The highest BCUT2D eigenvalue weighted by Gasteiger charge is 2.25. The van der Waals surface area contributed by atoms with E-state index in [0.717, 1.165) is 12.5 Å². The predicted molar refractivity (Wildman–Crippen MR) is 73.9 cm³/mol. The molecule has 0 amide bonds. The molecule has 1 heterocycles. The van der Waals surface area contributed by atoms with Gasteiger partial charge in [0, 0.05) is 6.08 Å². The van der Waals surface area contributed by atoms with Crippen molar-refractivity contribution in [3.63, 3.8) is 0 Å². The Morgan fingerprint density at radius 2 is 1.68 bits per heavy atom. The Kier molecular flexibility index (Phi) is 4.13. The third kappa shape index (κ3) is 2.91. The Hall–Kier alpha value is -2.87. The van der Waals surface area contributed by atoms with Gasteiger partial charge in [-0.05, 0) is 12.1 Å². The molecule has 0 aliphatic carbocycles. The fraction of sp³-hybridized carbons (Fsp3) is 0. The van der Waals surface area contributed by atoms with Crippen molar-refractivity contribution >= 4 is 27.3 Å². The lowest BCUT2D eigenvalue weighted by atomic mass is 10.2. The number of benzene rings is 1. The van der Waals surface area contributed by atoms with Crippen LogP contribution in [0.15, 0.2) is 63.1 Å². The Balaban J connectivity index is 2.51. The molecule has 0 radical (unpaired) electrons. The molecule has 0 atom stereocenters. The summed E-state index contributed by atoms with van der Waals surface area (Å²) in [5, 5.41) is 18.3. The van der Waals surface area contributed by atoms with Crippen molar-refractivity contribution in [2.24, 2.45) is 0 Å². The number of furan rings is 1. The Morgan fingerprint density at radius 3 is 2.27 bits per heavy atom. The minimum absolute atomic E-state index is 0.0324. The van der Waals surface area contributed by atoms with Gasteiger partial charge in [-0.2, -0.15) is 0 Å². The van der Waals surface area contributed by atoms with Crippen molar-refractivity contribution in [3.05, 3.63) is 54.5 Å². The number of hydrogen-bond acceptors (Lipinski definition) is 6. The fourth-order valence-electron chi connectivity index (χ4n) is 1.67. The van der Waals surface area contributed by atoms with Gasteiger partial charge in [0.15, 0.2) is 0 Å². The molecule has 0 bridgehead atoms. The van der Waals surface area contributed by atoms with E-state index in [-0.39, 0.29) is 15.4 Å². The number of carbonyl (C=O) groups is 2. The van der Waals surface area contributed by atoms with Crippen LogP contribution in [0, 0.1) is 0 Å². The highest BCUT2D eigenvalue weighted by Crippen LogP contribution is 2.28. The fourth-order valence-corrected chi connectivity index (χ4v) is 3.06. The van der Waals surface area contributed by atoms with Crippen LogP contribution in [0.1, 0.15) is 5.56 Å². The molecule has 0 saturated heterocycles. The summed E-state index contributed by atoms with van der Waals surface area (Å²) < 4.78 is 29.7. The zero-order valence-electron chi connectivity index (χ0n) is 11.0. The zero-order valence-corrected chi connectivity index (χ0v) is 11.8. The number of sulfone groups is 1. The quantitative estimate of drug-likeness (QED) is 0.487. The highest BCUT2D eigenvalue weighted by molar-refractivity contribution is 7.91. The van der Waals surface area contributed by atoms with Crippen LogP contribution in [0.2, 0.25) is 0 Å². The molecule has 22 heavy (non-hydrogen) atoms. The molecule has 2 aromatic rings. The van der Waals surface area contributed by atoms with Gasteiger partial charge in [0.25, 0.3) is 5.78 Å². The molecular weight excluding hydrogens is 312 g/mol. The van der Waals surface area contributed by atoms with Gasteiger partial charge in [-0.15, -0.1) is 0 Å². The van der Waals surface area contributed by atoms with Gasteiger partial charge in [0.2, 0.25) is 9.84 Å². The number of ketones is 1. The second kappa shape index (κ2) is 5.86. The number of carboxylic acid groups (broad SMARTS) is 1. The largest absolute Gasteiger partial charge is 0.507 e. The SMILES string of the molecule is O=C(O)C(=O)C=C(O)c1cocc1S(=O)(=O)c1ccccc1. The van der Waals surface area contributed by atoms with E-state index >= 15 is 0 Å². The first kappa shape index (κ1) is 15.5. The number of aliphatic hydroxyl groups excluding tert-OH is 1. The van der Waals surface area contributed by atoms with Crippen molar-refractivity contribution in [2.75, 3.05) is 0 Å². The molecule has 0 fully saturated rings. The monoisotopic (exact) mass is 322 g/mol. The first-order chi connectivity index (χ1) is 10.3. The average molecular weight is 322 g/mol. The van der Waals surface area contributed by atoms with E-state index in [2.05, 4.69) is 0 Å². The van der Waals surface area contributed by atoms with Crippen LogP contribution in [0.25, 0.3) is 5.76 Å². The molecule has 2 N–H and O–H groups in total. The lowest BCUT2D eigenvalue weighted by Gasteiger charge is -2.04. The molecule has 0 spiro atoms. The summed E-state index contributed by atoms with van der Waals surface area (Å²) in [6.45, 7) is 0. The van der Waals surface area contributed by atoms with Crippen LogP contribution in [0.3, 0.4) is 0 Å². The minimum Gasteiger partial charge on any atom is -0.507 e. The van der Waals surface area contributed by atoms with Crippen LogP contribution in [-0.4, -0.2) is 30.4 Å². The van der Waals surface area contributed by atoms with E-state index < -0.39 is 27.3 Å². The average Bonchev–Trinajstić information content (AvgIpc) is 2.98. The lowest BCUT2D eigenvalue weighted by Crippen LogP contribution is -2.10. The van der Waals surface area contributed by atoms with Crippen molar-refractivity contribution in [1.82, 2.24) is 0 Å². The van der Waals surface area contributed by atoms with E-state index in [4.69, 9.17) is 9.52 Å². The van der Waals surface area contributed by atoms with E-state index in [0.29, 0.717) is 6.08 Å².